The molecular weight excluding hydrogens is 226 g/mol. The van der Waals surface area contributed by atoms with Gasteiger partial charge >= 0.3 is 0 Å². The van der Waals surface area contributed by atoms with Gasteiger partial charge in [0.1, 0.15) is 0 Å². The molecule has 0 aliphatic carbocycles. The van der Waals surface area contributed by atoms with Gasteiger partial charge in [0.05, 0.1) is 0 Å². The Morgan fingerprint density at radius 2 is 2.12 bits per heavy atom. The molecular formula is C12H18F2N2O. The van der Waals surface area contributed by atoms with Crippen LogP contribution in [0, 0.1) is 0 Å². The standard InChI is InChI=1S/C12H18F2N2O/c1-12(2,3)16-7-9-5-4-6-15-11(9)17-8-10(13)14/h4-6,10,16H,7-8H2,1-3H3. The molecule has 0 aliphatic rings. The number of ether oxygens (including phenoxy) is 1. The van der Waals surface area contributed by atoms with E-state index < -0.39 is 13.0 Å². The van der Waals surface area contributed by atoms with Gasteiger partial charge < -0.3 is 10.1 Å². The quantitative estimate of drug-likeness (QED) is 0.864. The number of hydrogen-bond acceptors (Lipinski definition) is 3. The summed E-state index contributed by atoms with van der Waals surface area (Å²) < 4.78 is 29.1. The average Bonchev–Trinajstić information content (AvgIpc) is 2.23. The molecule has 96 valence electrons. The third-order valence-electron chi connectivity index (χ3n) is 2.01. The minimum absolute atomic E-state index is 0.0458. The summed E-state index contributed by atoms with van der Waals surface area (Å²) in [6.45, 7) is 6.00. The van der Waals surface area contributed by atoms with Crippen molar-refractivity contribution in [2.24, 2.45) is 0 Å². The van der Waals surface area contributed by atoms with E-state index in [1.165, 1.54) is 6.20 Å². The van der Waals surface area contributed by atoms with Crippen molar-refractivity contribution in [1.29, 1.82) is 0 Å². The maximum Gasteiger partial charge on any atom is 0.272 e. The number of nitrogens with zero attached hydrogens (tertiary/aromatic N) is 1. The molecule has 1 N–H and O–H groups in total. The molecule has 0 unspecified atom stereocenters. The second-order valence-corrected chi connectivity index (χ2v) is 4.77. The second-order valence-electron chi connectivity index (χ2n) is 4.77. The maximum absolute atomic E-state index is 12.1. The van der Waals surface area contributed by atoms with Crippen LogP contribution >= 0.6 is 0 Å². The van der Waals surface area contributed by atoms with Gasteiger partial charge in [-0.2, -0.15) is 0 Å². The molecule has 0 bridgehead atoms. The van der Waals surface area contributed by atoms with Gasteiger partial charge in [0.25, 0.3) is 6.43 Å². The second kappa shape index (κ2) is 5.91. The van der Waals surface area contributed by atoms with E-state index in [1.807, 2.05) is 26.8 Å². The van der Waals surface area contributed by atoms with Crippen molar-refractivity contribution in [3.8, 4) is 5.88 Å². The summed E-state index contributed by atoms with van der Waals surface area (Å²) in [4.78, 5) is 3.96. The molecule has 1 heterocycles. The monoisotopic (exact) mass is 244 g/mol. The molecule has 1 rings (SSSR count). The zero-order valence-electron chi connectivity index (χ0n) is 10.3. The molecule has 0 amide bonds. The largest absolute Gasteiger partial charge is 0.471 e. The van der Waals surface area contributed by atoms with Gasteiger partial charge in [-0.3, -0.25) is 0 Å². The first kappa shape index (κ1) is 13.8. The summed E-state index contributed by atoms with van der Waals surface area (Å²) >= 11 is 0. The maximum atomic E-state index is 12.1. The van der Waals surface area contributed by atoms with Crippen LogP contribution in [0.2, 0.25) is 0 Å². The van der Waals surface area contributed by atoms with Crippen LogP contribution in [0.25, 0.3) is 0 Å². The fourth-order valence-corrected chi connectivity index (χ4v) is 1.19. The van der Waals surface area contributed by atoms with E-state index in [0.717, 1.165) is 5.56 Å². The van der Waals surface area contributed by atoms with Crippen LogP contribution < -0.4 is 10.1 Å². The summed E-state index contributed by atoms with van der Waals surface area (Å²) in [5, 5.41) is 3.26. The van der Waals surface area contributed by atoms with Crippen LogP contribution in [0.3, 0.4) is 0 Å². The predicted octanol–water partition coefficient (Wildman–Crippen LogP) is 2.61. The van der Waals surface area contributed by atoms with Crippen molar-refractivity contribution in [2.45, 2.75) is 39.3 Å². The Hall–Kier alpha value is -1.23. The molecule has 0 fully saturated rings. The lowest BCUT2D eigenvalue weighted by Crippen LogP contribution is -2.35. The summed E-state index contributed by atoms with van der Waals surface area (Å²) in [6, 6.07) is 3.57. The highest BCUT2D eigenvalue weighted by molar-refractivity contribution is 5.25. The Kier molecular flexibility index (Phi) is 4.81. The lowest BCUT2D eigenvalue weighted by atomic mass is 10.1. The van der Waals surface area contributed by atoms with E-state index >= 15 is 0 Å². The number of aromatic nitrogens is 1. The van der Waals surface area contributed by atoms with Crippen LogP contribution in [0.4, 0.5) is 8.78 Å². The molecule has 0 radical (unpaired) electrons. The molecule has 3 nitrogen and oxygen atoms in total. The van der Waals surface area contributed by atoms with Gasteiger partial charge in [0.2, 0.25) is 5.88 Å². The topological polar surface area (TPSA) is 34.2 Å². The summed E-state index contributed by atoms with van der Waals surface area (Å²) in [5.41, 5.74) is 0.735. The van der Waals surface area contributed by atoms with Crippen molar-refractivity contribution in [1.82, 2.24) is 10.3 Å². The average molecular weight is 244 g/mol. The minimum Gasteiger partial charge on any atom is -0.471 e. The zero-order chi connectivity index (χ0) is 12.9. The number of pyridine rings is 1. The van der Waals surface area contributed by atoms with Crippen LogP contribution in [0.15, 0.2) is 18.3 Å². The zero-order valence-corrected chi connectivity index (χ0v) is 10.3. The van der Waals surface area contributed by atoms with Crippen LogP contribution in [-0.2, 0) is 6.54 Å². The fourth-order valence-electron chi connectivity index (χ4n) is 1.19. The van der Waals surface area contributed by atoms with E-state index in [-0.39, 0.29) is 11.4 Å². The highest BCUT2D eigenvalue weighted by atomic mass is 19.3. The first-order valence-electron chi connectivity index (χ1n) is 5.48. The van der Waals surface area contributed by atoms with Crippen molar-refractivity contribution >= 4 is 0 Å². The molecule has 0 saturated heterocycles. The van der Waals surface area contributed by atoms with E-state index in [4.69, 9.17) is 4.74 Å². The molecule has 0 saturated carbocycles. The first-order chi connectivity index (χ1) is 7.88. The van der Waals surface area contributed by atoms with Gasteiger partial charge in [-0.05, 0) is 26.8 Å². The van der Waals surface area contributed by atoms with E-state index in [2.05, 4.69) is 10.3 Å². The Morgan fingerprint density at radius 1 is 1.41 bits per heavy atom. The lowest BCUT2D eigenvalue weighted by molar-refractivity contribution is 0.0789. The Balaban J connectivity index is 2.64. The molecule has 0 aromatic carbocycles. The van der Waals surface area contributed by atoms with Crippen LogP contribution in [0.1, 0.15) is 26.3 Å². The highest BCUT2D eigenvalue weighted by Crippen LogP contribution is 2.16. The molecule has 0 spiro atoms. The number of rotatable bonds is 5. The van der Waals surface area contributed by atoms with E-state index in [9.17, 15) is 8.78 Å². The van der Waals surface area contributed by atoms with Crippen LogP contribution in [-0.4, -0.2) is 23.6 Å². The molecule has 1 aromatic heterocycles. The number of halogens is 2. The van der Waals surface area contributed by atoms with Gasteiger partial charge in [0, 0.05) is 23.8 Å². The summed E-state index contributed by atoms with van der Waals surface area (Å²) in [6.07, 6.45) is -0.957. The Labute approximate surface area is 100 Å². The van der Waals surface area contributed by atoms with Crippen molar-refractivity contribution in [3.05, 3.63) is 23.9 Å². The SMILES string of the molecule is CC(C)(C)NCc1cccnc1OCC(F)F. The van der Waals surface area contributed by atoms with Gasteiger partial charge in [-0.25, -0.2) is 13.8 Å². The molecule has 17 heavy (non-hydrogen) atoms. The third-order valence-corrected chi connectivity index (χ3v) is 2.01. The first-order valence-corrected chi connectivity index (χ1v) is 5.48. The molecule has 1 aromatic rings. The van der Waals surface area contributed by atoms with Crippen molar-refractivity contribution in [3.63, 3.8) is 0 Å². The minimum atomic E-state index is -2.49. The molecule has 0 aliphatic heterocycles. The fraction of sp³-hybridized carbons (Fsp3) is 0.583. The number of nitrogens with one attached hydrogen (secondary N) is 1. The Morgan fingerprint density at radius 3 is 2.71 bits per heavy atom. The van der Waals surface area contributed by atoms with Crippen molar-refractivity contribution < 1.29 is 13.5 Å². The summed E-state index contributed by atoms with van der Waals surface area (Å²) in [7, 11) is 0. The Bertz CT molecular complexity index is 351. The molecule has 0 atom stereocenters. The third kappa shape index (κ3) is 5.58. The number of alkyl halides is 2. The van der Waals surface area contributed by atoms with E-state index in [1.54, 1.807) is 6.07 Å². The van der Waals surface area contributed by atoms with Gasteiger partial charge in [0.15, 0.2) is 6.61 Å². The predicted molar refractivity (Wildman–Crippen MR) is 62.3 cm³/mol. The highest BCUT2D eigenvalue weighted by Gasteiger charge is 2.12. The van der Waals surface area contributed by atoms with Crippen LogP contribution in [0.5, 0.6) is 5.88 Å². The van der Waals surface area contributed by atoms with E-state index in [0.29, 0.717) is 6.54 Å². The molecule has 5 heteroatoms. The summed E-state index contributed by atoms with van der Waals surface area (Å²) in [5.74, 6) is 0.268. The smallest absolute Gasteiger partial charge is 0.272 e. The van der Waals surface area contributed by atoms with Crippen molar-refractivity contribution in [2.75, 3.05) is 6.61 Å². The van der Waals surface area contributed by atoms with Gasteiger partial charge in [-0.15, -0.1) is 0 Å². The lowest BCUT2D eigenvalue weighted by Gasteiger charge is -2.21. The van der Waals surface area contributed by atoms with Gasteiger partial charge in [-0.1, -0.05) is 6.07 Å². The number of hydrogen-bond donors (Lipinski definition) is 1. The normalized spacial score (nSPS) is 11.9.